The van der Waals surface area contributed by atoms with Gasteiger partial charge in [-0.2, -0.15) is 0 Å². The Morgan fingerprint density at radius 2 is 1.49 bits per heavy atom. The average molecular weight is 487 g/mol. The van der Waals surface area contributed by atoms with E-state index in [9.17, 15) is 5.11 Å². The molecule has 0 spiro atoms. The molecule has 2 N–H and O–H groups in total. The third-order valence-electron chi connectivity index (χ3n) is 13.8. The second-order valence-electron chi connectivity index (χ2n) is 14.8. The Balaban J connectivity index is 0.00000141. The van der Waals surface area contributed by atoms with Gasteiger partial charge in [0.05, 0.1) is 6.10 Å². The Bertz CT molecular complexity index is 825. The molecule has 202 valence electrons. The van der Waals surface area contributed by atoms with Crippen LogP contribution in [0.5, 0.6) is 0 Å². The third kappa shape index (κ3) is 3.47. The van der Waals surface area contributed by atoms with Gasteiger partial charge in [0.1, 0.15) is 0 Å². The molecule has 0 saturated heterocycles. The molecular formula is C33H58O2. The summed E-state index contributed by atoms with van der Waals surface area (Å²) < 4.78 is 0. The summed E-state index contributed by atoms with van der Waals surface area (Å²) in [5.74, 6) is 3.05. The number of allylic oxidation sites excluding steroid dienone is 2. The van der Waals surface area contributed by atoms with Gasteiger partial charge in [-0.15, -0.1) is 0 Å². The zero-order valence-electron chi connectivity index (χ0n) is 24.8. The molecular weight excluding hydrogens is 428 g/mol. The Kier molecular flexibility index (Phi) is 7.23. The molecule has 0 bridgehead atoms. The van der Waals surface area contributed by atoms with Gasteiger partial charge in [-0.1, -0.05) is 66.5 Å². The summed E-state index contributed by atoms with van der Waals surface area (Å²) in [6.45, 7) is 20.2. The lowest BCUT2D eigenvalue weighted by atomic mass is 9.32. The monoisotopic (exact) mass is 486 g/mol. The first-order valence-corrected chi connectivity index (χ1v) is 15.3. The molecule has 0 aromatic heterocycles. The first-order chi connectivity index (χ1) is 16.4. The SMILES string of the molecule is CCC12CC[C@H]3C(C)(C)[C@@H](O)CCC3(C)[C@H]1CC[C@@H]1C3=C(C(C)C)CC[C@]3(CC)CC[C@]12C.CO. The van der Waals surface area contributed by atoms with E-state index < -0.39 is 0 Å². The average Bonchev–Trinajstić information content (AvgIpc) is 3.23. The van der Waals surface area contributed by atoms with E-state index in [1.54, 1.807) is 0 Å². The van der Waals surface area contributed by atoms with Crippen LogP contribution in [-0.4, -0.2) is 23.4 Å². The molecule has 0 aromatic rings. The van der Waals surface area contributed by atoms with Gasteiger partial charge in [0.25, 0.3) is 0 Å². The number of aliphatic hydroxyl groups is 2. The smallest absolute Gasteiger partial charge is 0.0594 e. The number of aliphatic hydroxyl groups excluding tert-OH is 2. The summed E-state index contributed by atoms with van der Waals surface area (Å²) in [6.07, 6.45) is 16.2. The van der Waals surface area contributed by atoms with E-state index in [0.717, 1.165) is 31.3 Å². The molecule has 35 heavy (non-hydrogen) atoms. The van der Waals surface area contributed by atoms with Gasteiger partial charge >= 0.3 is 0 Å². The lowest BCUT2D eigenvalue weighted by Gasteiger charge is -2.73. The molecule has 0 amide bonds. The van der Waals surface area contributed by atoms with Crippen LogP contribution in [0.4, 0.5) is 0 Å². The Hall–Kier alpha value is -0.340. The number of fused-ring (bicyclic) bond motifs is 7. The molecule has 4 saturated carbocycles. The van der Waals surface area contributed by atoms with E-state index in [1.807, 2.05) is 11.1 Å². The van der Waals surface area contributed by atoms with Crippen molar-refractivity contribution in [2.24, 2.45) is 50.7 Å². The van der Waals surface area contributed by atoms with Crippen molar-refractivity contribution in [2.75, 3.05) is 7.11 Å². The van der Waals surface area contributed by atoms with Crippen LogP contribution >= 0.6 is 0 Å². The highest BCUT2D eigenvalue weighted by Crippen LogP contribution is 2.77. The minimum atomic E-state index is -0.117. The van der Waals surface area contributed by atoms with E-state index in [1.165, 1.54) is 70.6 Å². The maximum absolute atomic E-state index is 11.0. The molecule has 5 rings (SSSR count). The van der Waals surface area contributed by atoms with Gasteiger partial charge in [0, 0.05) is 7.11 Å². The largest absolute Gasteiger partial charge is 0.400 e. The number of hydrogen-bond acceptors (Lipinski definition) is 2. The Morgan fingerprint density at radius 1 is 0.800 bits per heavy atom. The van der Waals surface area contributed by atoms with Gasteiger partial charge in [0.15, 0.2) is 0 Å². The van der Waals surface area contributed by atoms with Gasteiger partial charge in [-0.3, -0.25) is 0 Å². The first-order valence-electron chi connectivity index (χ1n) is 15.3. The van der Waals surface area contributed by atoms with E-state index in [-0.39, 0.29) is 11.5 Å². The van der Waals surface area contributed by atoms with E-state index in [4.69, 9.17) is 5.11 Å². The molecule has 2 heteroatoms. The molecule has 8 atom stereocenters. The maximum atomic E-state index is 11.0. The number of rotatable bonds is 3. The fraction of sp³-hybridized carbons (Fsp3) is 0.939. The van der Waals surface area contributed by atoms with E-state index in [0.29, 0.717) is 27.6 Å². The molecule has 0 radical (unpaired) electrons. The zero-order chi connectivity index (χ0) is 26.0. The second-order valence-corrected chi connectivity index (χ2v) is 14.8. The third-order valence-corrected chi connectivity index (χ3v) is 13.8. The lowest BCUT2D eigenvalue weighted by Crippen LogP contribution is -2.66. The van der Waals surface area contributed by atoms with Crippen molar-refractivity contribution in [3.63, 3.8) is 0 Å². The van der Waals surface area contributed by atoms with Gasteiger partial charge in [-0.05, 0) is 128 Å². The normalized spacial score (nSPS) is 48.3. The fourth-order valence-electron chi connectivity index (χ4n) is 11.9. The maximum Gasteiger partial charge on any atom is 0.0594 e. The van der Waals surface area contributed by atoms with Crippen molar-refractivity contribution in [2.45, 2.75) is 139 Å². The van der Waals surface area contributed by atoms with Crippen molar-refractivity contribution >= 4 is 0 Å². The lowest BCUT2D eigenvalue weighted by molar-refractivity contribution is -0.236. The highest BCUT2D eigenvalue weighted by molar-refractivity contribution is 5.37. The Morgan fingerprint density at radius 3 is 2.09 bits per heavy atom. The van der Waals surface area contributed by atoms with Crippen LogP contribution in [0.25, 0.3) is 0 Å². The number of hydrogen-bond donors (Lipinski definition) is 2. The van der Waals surface area contributed by atoms with Crippen LogP contribution in [0.2, 0.25) is 0 Å². The second kappa shape index (κ2) is 9.14. The first kappa shape index (κ1) is 27.7. The van der Waals surface area contributed by atoms with Crippen LogP contribution in [-0.2, 0) is 0 Å². The summed E-state index contributed by atoms with van der Waals surface area (Å²) >= 11 is 0. The molecule has 5 aliphatic rings. The van der Waals surface area contributed by atoms with Crippen molar-refractivity contribution in [3.8, 4) is 0 Å². The zero-order valence-corrected chi connectivity index (χ0v) is 24.8. The summed E-state index contributed by atoms with van der Waals surface area (Å²) in [5.41, 5.74) is 5.80. The minimum Gasteiger partial charge on any atom is -0.400 e. The molecule has 0 aliphatic heterocycles. The van der Waals surface area contributed by atoms with Crippen molar-refractivity contribution < 1.29 is 10.2 Å². The standard InChI is InChI=1S/C32H54O.CH4O/c1-9-31-17-13-22(21(3)4)27(31)23-11-12-25-29(7)16-15-26(33)28(5,6)24(29)14-18-32(25,10-2)30(23,8)19-20-31;1-2/h21,23-26,33H,9-20H2,1-8H3;2H,1H3/t23-,24+,25-,26+,29?,30-,31-,32?;/m1./s1. The predicted molar refractivity (Wildman–Crippen MR) is 148 cm³/mol. The highest BCUT2D eigenvalue weighted by Gasteiger charge is 2.70. The molecule has 0 aromatic carbocycles. The van der Waals surface area contributed by atoms with Crippen molar-refractivity contribution in [1.82, 2.24) is 0 Å². The van der Waals surface area contributed by atoms with Crippen molar-refractivity contribution in [3.05, 3.63) is 11.1 Å². The Labute approximate surface area is 217 Å². The molecule has 5 aliphatic carbocycles. The van der Waals surface area contributed by atoms with Crippen LogP contribution in [0.15, 0.2) is 11.1 Å². The van der Waals surface area contributed by atoms with Gasteiger partial charge < -0.3 is 10.2 Å². The summed E-state index contributed by atoms with van der Waals surface area (Å²) in [5, 5.41) is 18.0. The van der Waals surface area contributed by atoms with Crippen LogP contribution in [0.1, 0.15) is 132 Å². The van der Waals surface area contributed by atoms with Crippen LogP contribution < -0.4 is 0 Å². The predicted octanol–water partition coefficient (Wildman–Crippen LogP) is 8.56. The van der Waals surface area contributed by atoms with Crippen molar-refractivity contribution in [1.29, 1.82) is 0 Å². The molecule has 4 fully saturated rings. The van der Waals surface area contributed by atoms with Crippen LogP contribution in [0, 0.1) is 50.7 Å². The summed E-state index contributed by atoms with van der Waals surface area (Å²) in [4.78, 5) is 0. The van der Waals surface area contributed by atoms with E-state index in [2.05, 4.69) is 55.4 Å². The van der Waals surface area contributed by atoms with E-state index >= 15 is 0 Å². The highest BCUT2D eigenvalue weighted by atomic mass is 16.3. The van der Waals surface area contributed by atoms with Crippen LogP contribution in [0.3, 0.4) is 0 Å². The summed E-state index contributed by atoms with van der Waals surface area (Å²) in [7, 11) is 1.00. The van der Waals surface area contributed by atoms with Gasteiger partial charge in [0.2, 0.25) is 0 Å². The van der Waals surface area contributed by atoms with Gasteiger partial charge in [-0.25, -0.2) is 0 Å². The molecule has 2 unspecified atom stereocenters. The minimum absolute atomic E-state index is 0.0629. The molecule has 0 heterocycles. The summed E-state index contributed by atoms with van der Waals surface area (Å²) in [6, 6.07) is 0. The quantitative estimate of drug-likeness (QED) is 0.392. The topological polar surface area (TPSA) is 40.5 Å². The fourth-order valence-corrected chi connectivity index (χ4v) is 11.9. The molecule has 2 nitrogen and oxygen atoms in total.